The van der Waals surface area contributed by atoms with Gasteiger partial charge < -0.3 is 24.8 Å². The maximum atomic E-state index is 16.0. The van der Waals surface area contributed by atoms with Crippen LogP contribution in [0.2, 0.25) is 5.02 Å². The van der Waals surface area contributed by atoms with Gasteiger partial charge in [0, 0.05) is 17.2 Å². The zero-order valence-corrected chi connectivity index (χ0v) is 25.3. The Bertz CT molecular complexity index is 1380. The first-order chi connectivity index (χ1) is 19.6. The smallest absolute Gasteiger partial charge is 0.417 e. The van der Waals surface area contributed by atoms with Crippen LogP contribution in [0, 0.1) is 5.82 Å². The van der Waals surface area contributed by atoms with Crippen LogP contribution < -0.4 is 10.6 Å². The number of fused-ring (bicyclic) bond motifs is 1. The lowest BCUT2D eigenvalue weighted by Gasteiger charge is -2.33. The molecule has 3 amide bonds. The van der Waals surface area contributed by atoms with E-state index in [-0.39, 0.29) is 35.8 Å². The minimum absolute atomic E-state index is 0.0165. The van der Waals surface area contributed by atoms with Gasteiger partial charge in [0.05, 0.1) is 36.5 Å². The summed E-state index contributed by atoms with van der Waals surface area (Å²) >= 11 is 6.00. The fraction of sp³-hybridized carbons (Fsp3) is 0.467. The van der Waals surface area contributed by atoms with Gasteiger partial charge in [-0.05, 0) is 71.7 Å². The number of aromatic nitrogens is 1. The summed E-state index contributed by atoms with van der Waals surface area (Å²) in [4.78, 5) is 44.1. The van der Waals surface area contributed by atoms with Crippen molar-refractivity contribution in [2.24, 2.45) is 0 Å². The van der Waals surface area contributed by atoms with E-state index in [1.165, 1.54) is 0 Å². The minimum atomic E-state index is -0.878. The standard InChI is InChI=1S/C30H36ClFN4O6/c1-29(2,3)41-27(38)35-22-16-40-14-13-20(22)33-25-24(32)19-15-36(28(39)42-30(4,5)6)26(37)23(19)21(34-25)12-9-17-7-10-18(31)11-8-17/h7-12,20,22H,13-16H2,1-6H3,(H,33,34)(H,35,38)/b12-9+/t20-,22+/m1/s1. The van der Waals surface area contributed by atoms with Crippen molar-refractivity contribution in [3.8, 4) is 0 Å². The van der Waals surface area contributed by atoms with E-state index < -0.39 is 47.2 Å². The van der Waals surface area contributed by atoms with Crippen LogP contribution in [0.1, 0.15) is 75.1 Å². The van der Waals surface area contributed by atoms with Gasteiger partial charge in [-0.1, -0.05) is 29.8 Å². The predicted molar refractivity (Wildman–Crippen MR) is 157 cm³/mol. The molecule has 12 heteroatoms. The number of pyridine rings is 1. The highest BCUT2D eigenvalue weighted by Gasteiger charge is 2.40. The summed E-state index contributed by atoms with van der Waals surface area (Å²) in [5.41, 5.74) is -0.620. The zero-order chi connectivity index (χ0) is 30.8. The normalized spacial score (nSPS) is 19.0. The molecule has 3 heterocycles. The number of anilines is 1. The zero-order valence-electron chi connectivity index (χ0n) is 24.5. The average Bonchev–Trinajstić information content (AvgIpc) is 3.23. The minimum Gasteiger partial charge on any atom is -0.444 e. The third-order valence-electron chi connectivity index (χ3n) is 6.34. The van der Waals surface area contributed by atoms with Gasteiger partial charge in [-0.3, -0.25) is 4.79 Å². The number of hydrogen-bond acceptors (Lipinski definition) is 8. The number of carbonyl (C=O) groups is 3. The van der Waals surface area contributed by atoms with Crippen LogP contribution >= 0.6 is 11.6 Å². The van der Waals surface area contributed by atoms with Crippen molar-refractivity contribution in [2.75, 3.05) is 18.5 Å². The average molecular weight is 603 g/mol. The lowest BCUT2D eigenvalue weighted by molar-refractivity contribution is 0.0246. The van der Waals surface area contributed by atoms with Gasteiger partial charge in [0.2, 0.25) is 0 Å². The van der Waals surface area contributed by atoms with Crippen molar-refractivity contribution in [1.29, 1.82) is 0 Å². The highest BCUT2D eigenvalue weighted by molar-refractivity contribution is 6.30. The number of amides is 3. The number of carbonyl (C=O) groups excluding carboxylic acids is 3. The van der Waals surface area contributed by atoms with Gasteiger partial charge >= 0.3 is 12.2 Å². The molecule has 2 aliphatic heterocycles. The topological polar surface area (TPSA) is 119 Å². The maximum Gasteiger partial charge on any atom is 0.417 e. The van der Waals surface area contributed by atoms with Gasteiger partial charge in [-0.15, -0.1) is 0 Å². The molecule has 226 valence electrons. The van der Waals surface area contributed by atoms with E-state index in [0.29, 0.717) is 18.1 Å². The number of ether oxygens (including phenoxy) is 3. The van der Waals surface area contributed by atoms with Crippen LogP contribution in [-0.2, 0) is 20.8 Å². The van der Waals surface area contributed by atoms with E-state index in [0.717, 1.165) is 10.5 Å². The Kier molecular flexibility index (Phi) is 9.12. The third-order valence-corrected chi connectivity index (χ3v) is 6.59. The summed E-state index contributed by atoms with van der Waals surface area (Å²) in [6, 6.07) is 6.00. The highest BCUT2D eigenvalue weighted by Crippen LogP contribution is 2.34. The highest BCUT2D eigenvalue weighted by atomic mass is 35.5. The molecule has 1 saturated heterocycles. The quantitative estimate of drug-likeness (QED) is 0.426. The van der Waals surface area contributed by atoms with E-state index >= 15 is 4.39 Å². The molecule has 2 aromatic rings. The molecule has 0 unspecified atom stereocenters. The largest absolute Gasteiger partial charge is 0.444 e. The summed E-state index contributed by atoms with van der Waals surface area (Å²) in [6.07, 6.45) is 2.24. The van der Waals surface area contributed by atoms with Crippen molar-refractivity contribution in [1.82, 2.24) is 15.2 Å². The van der Waals surface area contributed by atoms with Gasteiger partial charge in [-0.25, -0.2) is 23.9 Å². The SMILES string of the molecule is CC(C)(C)OC(=O)N[C@H]1COCC[C@H]1Nc1nc(/C=C/c2ccc(Cl)cc2)c2c(c1F)CN(C(=O)OC(C)(C)C)C2=O. The molecule has 2 aliphatic rings. The Labute approximate surface area is 249 Å². The second-order valence-corrected chi connectivity index (χ2v) is 12.6. The number of nitrogens with one attached hydrogen (secondary N) is 2. The third kappa shape index (κ3) is 7.77. The Morgan fingerprint density at radius 3 is 2.38 bits per heavy atom. The number of imide groups is 1. The van der Waals surface area contributed by atoms with E-state index in [9.17, 15) is 14.4 Å². The molecule has 0 spiro atoms. The molecule has 4 rings (SSSR count). The summed E-state index contributed by atoms with van der Waals surface area (Å²) in [5.74, 6) is -1.59. The van der Waals surface area contributed by atoms with Crippen LogP contribution in [-0.4, -0.2) is 64.5 Å². The number of rotatable bonds is 5. The second-order valence-electron chi connectivity index (χ2n) is 12.1. The molecule has 1 fully saturated rings. The molecule has 42 heavy (non-hydrogen) atoms. The fourth-order valence-corrected chi connectivity index (χ4v) is 4.63. The summed E-state index contributed by atoms with van der Waals surface area (Å²) in [6.45, 7) is 10.5. The Balaban J connectivity index is 1.68. The van der Waals surface area contributed by atoms with Crippen LogP contribution in [0.3, 0.4) is 0 Å². The number of halogens is 2. The predicted octanol–water partition coefficient (Wildman–Crippen LogP) is 6.03. The summed E-state index contributed by atoms with van der Waals surface area (Å²) < 4.78 is 32.4. The van der Waals surface area contributed by atoms with Crippen LogP contribution in [0.5, 0.6) is 0 Å². The van der Waals surface area contributed by atoms with Crippen molar-refractivity contribution in [3.05, 3.63) is 57.5 Å². The molecule has 1 aromatic heterocycles. The summed E-state index contributed by atoms with van der Waals surface area (Å²) in [5, 5.41) is 6.46. The van der Waals surface area contributed by atoms with Crippen LogP contribution in [0.25, 0.3) is 12.2 Å². The van der Waals surface area contributed by atoms with Gasteiger partial charge in [0.25, 0.3) is 5.91 Å². The first-order valence-electron chi connectivity index (χ1n) is 13.7. The molecule has 0 bridgehead atoms. The van der Waals surface area contributed by atoms with Crippen LogP contribution in [0.4, 0.5) is 19.8 Å². The number of benzene rings is 1. The molecular weight excluding hydrogens is 567 g/mol. The lowest BCUT2D eigenvalue weighted by atomic mass is 10.0. The number of alkyl carbamates (subject to hydrolysis) is 1. The van der Waals surface area contributed by atoms with E-state index in [1.807, 2.05) is 0 Å². The second kappa shape index (κ2) is 12.3. The maximum absolute atomic E-state index is 16.0. The van der Waals surface area contributed by atoms with Crippen LogP contribution in [0.15, 0.2) is 24.3 Å². The molecule has 0 radical (unpaired) electrons. The Morgan fingerprint density at radius 1 is 1.07 bits per heavy atom. The van der Waals surface area contributed by atoms with Gasteiger partial charge in [0.15, 0.2) is 11.6 Å². The molecule has 0 aliphatic carbocycles. The number of nitrogens with zero attached hydrogens (tertiary/aromatic N) is 2. The molecule has 0 saturated carbocycles. The Hall–Kier alpha value is -3.70. The first kappa shape index (κ1) is 31.2. The molecule has 2 atom stereocenters. The number of hydrogen-bond donors (Lipinski definition) is 2. The fourth-order valence-electron chi connectivity index (χ4n) is 4.50. The molecule has 2 N–H and O–H groups in total. The first-order valence-corrected chi connectivity index (χ1v) is 14.0. The van der Waals surface area contributed by atoms with Gasteiger partial charge in [-0.2, -0.15) is 0 Å². The van der Waals surface area contributed by atoms with E-state index in [2.05, 4.69) is 15.6 Å². The molecule has 10 nitrogen and oxygen atoms in total. The van der Waals surface area contributed by atoms with E-state index in [4.69, 9.17) is 25.8 Å². The van der Waals surface area contributed by atoms with Gasteiger partial charge in [0.1, 0.15) is 11.2 Å². The van der Waals surface area contributed by atoms with Crippen molar-refractivity contribution >= 4 is 47.7 Å². The Morgan fingerprint density at radius 2 is 1.74 bits per heavy atom. The van der Waals surface area contributed by atoms with Crippen molar-refractivity contribution in [2.45, 2.75) is 77.8 Å². The van der Waals surface area contributed by atoms with Crippen molar-refractivity contribution in [3.63, 3.8) is 0 Å². The molecule has 1 aromatic carbocycles. The lowest BCUT2D eigenvalue weighted by Crippen LogP contribution is -2.53. The van der Waals surface area contributed by atoms with Crippen molar-refractivity contribution < 1.29 is 33.0 Å². The monoisotopic (exact) mass is 602 g/mol. The van der Waals surface area contributed by atoms with E-state index in [1.54, 1.807) is 78.0 Å². The molecular formula is C30H36ClFN4O6. The summed E-state index contributed by atoms with van der Waals surface area (Å²) in [7, 11) is 0.